The number of thioether (sulfide) groups is 1. The Morgan fingerprint density at radius 1 is 1.32 bits per heavy atom. The predicted molar refractivity (Wildman–Crippen MR) is 98.5 cm³/mol. The maximum atomic E-state index is 13.7. The van der Waals surface area contributed by atoms with Crippen LogP contribution in [0.15, 0.2) is 40.0 Å². The van der Waals surface area contributed by atoms with E-state index >= 15 is 0 Å². The van der Waals surface area contributed by atoms with Crippen LogP contribution in [0.25, 0.3) is 28.2 Å². The Balaban J connectivity index is 1.81. The zero-order chi connectivity index (χ0) is 17.6. The molecule has 9 heteroatoms. The molecule has 25 heavy (non-hydrogen) atoms. The Hall–Kier alpha value is -2.29. The molecular weight excluding hydrogens is 385 g/mol. The Bertz CT molecular complexity index is 1080. The van der Waals surface area contributed by atoms with Gasteiger partial charge in [0.05, 0.1) is 4.91 Å². The van der Waals surface area contributed by atoms with Crippen LogP contribution in [0.3, 0.4) is 0 Å². The molecule has 0 radical (unpaired) electrons. The van der Waals surface area contributed by atoms with Gasteiger partial charge >= 0.3 is 0 Å². The van der Waals surface area contributed by atoms with Crippen molar-refractivity contribution in [1.82, 2.24) is 15.3 Å². The third-order valence-electron chi connectivity index (χ3n) is 3.46. The fourth-order valence-corrected chi connectivity index (χ4v) is 3.51. The van der Waals surface area contributed by atoms with E-state index in [0.717, 1.165) is 11.8 Å². The van der Waals surface area contributed by atoms with Gasteiger partial charge in [0, 0.05) is 41.2 Å². The molecule has 1 N–H and O–H groups in total. The average Bonchev–Trinajstić information content (AvgIpc) is 3.12. The zero-order valence-corrected chi connectivity index (χ0v) is 14.6. The molecule has 3 aromatic heterocycles. The quantitative estimate of drug-likeness (QED) is 0.401. The van der Waals surface area contributed by atoms with Gasteiger partial charge in [0.25, 0.3) is 5.91 Å². The van der Waals surface area contributed by atoms with Crippen molar-refractivity contribution in [2.75, 3.05) is 0 Å². The summed E-state index contributed by atoms with van der Waals surface area (Å²) in [6, 6.07) is 3.01. The van der Waals surface area contributed by atoms with Gasteiger partial charge in [-0.3, -0.25) is 9.78 Å². The summed E-state index contributed by atoms with van der Waals surface area (Å²) in [6.45, 7) is 0. The number of amides is 1. The van der Waals surface area contributed by atoms with Crippen LogP contribution in [-0.4, -0.2) is 20.2 Å². The van der Waals surface area contributed by atoms with Gasteiger partial charge in [-0.05, 0) is 12.1 Å². The minimum atomic E-state index is -0.627. The number of pyridine rings is 2. The molecule has 5 nitrogen and oxygen atoms in total. The smallest absolute Gasteiger partial charge is 0.263 e. The summed E-state index contributed by atoms with van der Waals surface area (Å²) in [5, 5.41) is 3.05. The number of hydrogen-bond acceptors (Lipinski definition) is 6. The lowest BCUT2D eigenvalue weighted by Crippen LogP contribution is -2.17. The van der Waals surface area contributed by atoms with Crippen LogP contribution in [0.2, 0.25) is 5.15 Å². The van der Waals surface area contributed by atoms with E-state index in [-0.39, 0.29) is 11.1 Å². The second kappa shape index (κ2) is 6.21. The number of aromatic nitrogens is 2. The van der Waals surface area contributed by atoms with Gasteiger partial charge in [-0.1, -0.05) is 35.6 Å². The molecule has 1 aliphatic heterocycles. The van der Waals surface area contributed by atoms with Gasteiger partial charge in [0.2, 0.25) is 0 Å². The van der Waals surface area contributed by atoms with Crippen molar-refractivity contribution in [1.29, 1.82) is 0 Å². The second-order valence-electron chi connectivity index (χ2n) is 5.10. The van der Waals surface area contributed by atoms with Gasteiger partial charge < -0.3 is 9.73 Å². The van der Waals surface area contributed by atoms with E-state index in [4.69, 9.17) is 28.2 Å². The number of nitrogens with zero attached hydrogens (tertiary/aromatic N) is 2. The van der Waals surface area contributed by atoms with Gasteiger partial charge in [0.15, 0.2) is 11.0 Å². The van der Waals surface area contributed by atoms with Crippen molar-refractivity contribution in [3.05, 3.63) is 52.4 Å². The summed E-state index contributed by atoms with van der Waals surface area (Å²) in [6.07, 6.45) is 6.22. The van der Waals surface area contributed by atoms with Crippen LogP contribution in [0.5, 0.6) is 0 Å². The van der Waals surface area contributed by atoms with E-state index in [9.17, 15) is 9.18 Å². The summed E-state index contributed by atoms with van der Waals surface area (Å²) in [4.78, 5) is 20.2. The number of halogens is 2. The van der Waals surface area contributed by atoms with Gasteiger partial charge in [-0.25, -0.2) is 9.37 Å². The largest absolute Gasteiger partial charge is 0.456 e. The molecule has 0 saturated carbocycles. The van der Waals surface area contributed by atoms with Gasteiger partial charge in [-0.2, -0.15) is 0 Å². The Kier molecular flexibility index (Phi) is 4.03. The van der Waals surface area contributed by atoms with Crippen molar-refractivity contribution in [3.8, 4) is 11.1 Å². The molecule has 0 atom stereocenters. The van der Waals surface area contributed by atoms with Crippen LogP contribution in [0.4, 0.5) is 4.39 Å². The molecule has 3 aromatic rings. The van der Waals surface area contributed by atoms with Crippen LogP contribution in [-0.2, 0) is 4.79 Å². The normalized spacial score (nSPS) is 16.0. The summed E-state index contributed by atoms with van der Waals surface area (Å²) >= 11 is 11.7. The van der Waals surface area contributed by atoms with E-state index < -0.39 is 5.82 Å². The standard InChI is InChI=1S/C16H7ClFN3O2S2/c17-14-11(18)2-7(5-20-14)10-6-19-4-8-1-9(23-13(8)10)3-12-15(22)21-16(24)25-12/h1-6H,(H,21,22,24). The van der Waals surface area contributed by atoms with Crippen molar-refractivity contribution in [2.45, 2.75) is 0 Å². The first-order chi connectivity index (χ1) is 12.0. The van der Waals surface area contributed by atoms with Gasteiger partial charge in [-0.15, -0.1) is 0 Å². The molecule has 124 valence electrons. The van der Waals surface area contributed by atoms with Crippen molar-refractivity contribution in [3.63, 3.8) is 0 Å². The molecule has 1 fully saturated rings. The first-order valence-electron chi connectivity index (χ1n) is 6.95. The van der Waals surface area contributed by atoms with Crippen molar-refractivity contribution in [2.24, 2.45) is 0 Å². The van der Waals surface area contributed by atoms with Crippen LogP contribution < -0.4 is 5.32 Å². The Morgan fingerprint density at radius 3 is 2.88 bits per heavy atom. The molecule has 0 unspecified atom stereocenters. The molecule has 1 amide bonds. The average molecular weight is 392 g/mol. The topological polar surface area (TPSA) is 68.0 Å². The molecule has 4 rings (SSSR count). The highest BCUT2D eigenvalue weighted by Gasteiger charge is 2.23. The van der Waals surface area contributed by atoms with E-state index in [1.807, 2.05) is 0 Å². The lowest BCUT2D eigenvalue weighted by atomic mass is 10.1. The van der Waals surface area contributed by atoms with Crippen LogP contribution >= 0.6 is 35.6 Å². The minimum Gasteiger partial charge on any atom is -0.456 e. The summed E-state index contributed by atoms with van der Waals surface area (Å²) in [5.74, 6) is -0.427. The summed E-state index contributed by atoms with van der Waals surface area (Å²) < 4.78 is 19.9. The van der Waals surface area contributed by atoms with Crippen LogP contribution in [0.1, 0.15) is 5.76 Å². The third kappa shape index (κ3) is 3.04. The number of furan rings is 1. The fraction of sp³-hybridized carbons (Fsp3) is 0. The molecule has 1 saturated heterocycles. The number of hydrogen-bond donors (Lipinski definition) is 1. The third-order valence-corrected chi connectivity index (χ3v) is 4.91. The van der Waals surface area contributed by atoms with Gasteiger partial charge in [0.1, 0.15) is 15.7 Å². The van der Waals surface area contributed by atoms with E-state index in [0.29, 0.717) is 37.1 Å². The summed E-state index contributed by atoms with van der Waals surface area (Å²) in [5.41, 5.74) is 1.57. The lowest BCUT2D eigenvalue weighted by Gasteiger charge is -2.02. The molecular formula is C16H7ClFN3O2S2. The van der Waals surface area contributed by atoms with E-state index in [2.05, 4.69) is 15.3 Å². The monoisotopic (exact) mass is 391 g/mol. The molecule has 0 spiro atoms. The van der Waals surface area contributed by atoms with E-state index in [1.165, 1.54) is 12.3 Å². The van der Waals surface area contributed by atoms with Crippen molar-refractivity contribution >= 4 is 62.9 Å². The number of rotatable bonds is 2. The molecule has 1 aliphatic rings. The number of thiocarbonyl (C=S) groups is 1. The van der Waals surface area contributed by atoms with Crippen molar-refractivity contribution < 1.29 is 13.6 Å². The fourth-order valence-electron chi connectivity index (χ4n) is 2.38. The summed E-state index contributed by atoms with van der Waals surface area (Å²) in [7, 11) is 0. The lowest BCUT2D eigenvalue weighted by molar-refractivity contribution is -0.115. The SMILES string of the molecule is O=C1NC(=S)SC1=Cc1cc2cncc(-c3cnc(Cl)c(F)c3)c2o1. The molecule has 0 bridgehead atoms. The zero-order valence-electron chi connectivity index (χ0n) is 12.2. The highest BCUT2D eigenvalue weighted by atomic mass is 35.5. The molecule has 4 heterocycles. The first-order valence-corrected chi connectivity index (χ1v) is 8.55. The maximum absolute atomic E-state index is 13.7. The predicted octanol–water partition coefficient (Wildman–Crippen LogP) is 4.17. The first kappa shape index (κ1) is 16.2. The maximum Gasteiger partial charge on any atom is 0.263 e. The number of carbonyl (C=O) groups excluding carboxylic acids is 1. The number of nitrogens with one attached hydrogen (secondary N) is 1. The van der Waals surface area contributed by atoms with E-state index in [1.54, 1.807) is 24.5 Å². The highest BCUT2D eigenvalue weighted by molar-refractivity contribution is 8.26. The number of fused-ring (bicyclic) bond motifs is 1. The number of carbonyl (C=O) groups is 1. The Morgan fingerprint density at radius 2 is 2.16 bits per heavy atom. The Labute approximate surface area is 155 Å². The second-order valence-corrected chi connectivity index (χ2v) is 7.18. The molecule has 0 aliphatic carbocycles. The minimum absolute atomic E-state index is 0.200. The molecule has 0 aromatic carbocycles. The highest BCUT2D eigenvalue weighted by Crippen LogP contribution is 2.33. The van der Waals surface area contributed by atoms with Crippen LogP contribution in [0, 0.1) is 5.82 Å².